The van der Waals surface area contributed by atoms with Crippen molar-refractivity contribution in [2.75, 3.05) is 5.32 Å². The molecule has 3 heterocycles. The summed E-state index contributed by atoms with van der Waals surface area (Å²) in [5.74, 6) is 0.0375. The highest BCUT2D eigenvalue weighted by Crippen LogP contribution is 2.35. The van der Waals surface area contributed by atoms with Crippen molar-refractivity contribution in [3.8, 4) is 0 Å². The minimum Gasteiger partial charge on any atom is -0.366 e. The predicted molar refractivity (Wildman–Crippen MR) is 65.8 cm³/mol. The number of tetrazole rings is 1. The van der Waals surface area contributed by atoms with Crippen molar-refractivity contribution in [3.05, 3.63) is 33.7 Å². The second-order valence-electron chi connectivity index (χ2n) is 3.89. The standard InChI is InChI=1S/C10H10N6OS/c1-5-7(9(11)17)8(6-3-2-4-18-6)16-10(12-5)13-14-15-16/h2-4,8H,1H3,(H2,11,17)(H,12,13,15). The average Bonchev–Trinajstić information content (AvgIpc) is 2.96. The molecule has 18 heavy (non-hydrogen) atoms. The first-order valence-corrected chi connectivity index (χ1v) is 6.15. The minimum atomic E-state index is -0.473. The van der Waals surface area contributed by atoms with Crippen molar-refractivity contribution in [1.29, 1.82) is 0 Å². The number of primary amides is 1. The highest BCUT2D eigenvalue weighted by molar-refractivity contribution is 7.10. The van der Waals surface area contributed by atoms with Gasteiger partial charge in [-0.25, -0.2) is 0 Å². The lowest BCUT2D eigenvalue weighted by Gasteiger charge is -2.25. The Hall–Kier alpha value is -2.22. The molecular formula is C10H10N6OS. The number of nitrogens with zero attached hydrogens (tertiary/aromatic N) is 4. The zero-order valence-corrected chi connectivity index (χ0v) is 10.3. The number of fused-ring (bicyclic) bond motifs is 1. The molecule has 92 valence electrons. The molecule has 0 bridgehead atoms. The van der Waals surface area contributed by atoms with E-state index in [1.54, 1.807) is 11.6 Å². The van der Waals surface area contributed by atoms with Crippen LogP contribution < -0.4 is 11.1 Å². The molecular weight excluding hydrogens is 252 g/mol. The summed E-state index contributed by atoms with van der Waals surface area (Å²) in [4.78, 5) is 12.6. The minimum absolute atomic E-state index is 0.353. The molecule has 0 saturated heterocycles. The van der Waals surface area contributed by atoms with Gasteiger partial charge in [0.05, 0.1) is 5.57 Å². The molecule has 2 aromatic heterocycles. The number of nitrogens with two attached hydrogens (primary N) is 1. The second-order valence-corrected chi connectivity index (χ2v) is 4.87. The summed E-state index contributed by atoms with van der Waals surface area (Å²) in [6.07, 6.45) is 0. The van der Waals surface area contributed by atoms with E-state index in [-0.39, 0.29) is 6.04 Å². The van der Waals surface area contributed by atoms with Gasteiger partial charge >= 0.3 is 0 Å². The zero-order chi connectivity index (χ0) is 12.7. The number of allylic oxidation sites excluding steroid dienone is 1. The molecule has 0 aromatic carbocycles. The van der Waals surface area contributed by atoms with Crippen LogP contribution >= 0.6 is 11.3 Å². The third-order valence-electron chi connectivity index (χ3n) is 2.79. The molecule has 0 radical (unpaired) electrons. The van der Waals surface area contributed by atoms with Gasteiger partial charge in [0, 0.05) is 10.6 Å². The van der Waals surface area contributed by atoms with Crippen LogP contribution in [-0.2, 0) is 4.79 Å². The van der Waals surface area contributed by atoms with Gasteiger partial charge in [-0.1, -0.05) is 11.2 Å². The van der Waals surface area contributed by atoms with Crippen LogP contribution in [-0.4, -0.2) is 26.1 Å². The van der Waals surface area contributed by atoms with Gasteiger partial charge in [-0.2, -0.15) is 4.68 Å². The van der Waals surface area contributed by atoms with Crippen LogP contribution in [0.5, 0.6) is 0 Å². The Morgan fingerprint density at radius 3 is 3.11 bits per heavy atom. The van der Waals surface area contributed by atoms with E-state index < -0.39 is 5.91 Å². The number of amides is 1. The molecule has 1 aliphatic rings. The van der Waals surface area contributed by atoms with E-state index in [0.717, 1.165) is 4.88 Å². The maximum atomic E-state index is 11.6. The first-order valence-electron chi connectivity index (χ1n) is 5.27. The monoisotopic (exact) mass is 262 g/mol. The summed E-state index contributed by atoms with van der Waals surface area (Å²) in [7, 11) is 0. The van der Waals surface area contributed by atoms with Crippen LogP contribution in [0.4, 0.5) is 5.95 Å². The molecule has 1 atom stereocenters. The molecule has 0 spiro atoms. The summed E-state index contributed by atoms with van der Waals surface area (Å²) in [6.45, 7) is 1.79. The van der Waals surface area contributed by atoms with E-state index in [4.69, 9.17) is 5.73 Å². The van der Waals surface area contributed by atoms with Gasteiger partial charge in [0.1, 0.15) is 6.04 Å². The second kappa shape index (κ2) is 3.91. The summed E-state index contributed by atoms with van der Waals surface area (Å²) in [6, 6.07) is 3.50. The van der Waals surface area contributed by atoms with E-state index in [1.807, 2.05) is 17.5 Å². The number of thiophene rings is 1. The fourth-order valence-corrected chi connectivity index (χ4v) is 2.86. The topological polar surface area (TPSA) is 98.7 Å². The third kappa shape index (κ3) is 1.50. The summed E-state index contributed by atoms with van der Waals surface area (Å²) in [5.41, 5.74) is 6.63. The van der Waals surface area contributed by atoms with Gasteiger partial charge in [0.15, 0.2) is 0 Å². The molecule has 0 saturated carbocycles. The number of anilines is 1. The SMILES string of the molecule is CC1=C(C(N)=O)C(c2cccs2)n2nnnc2N1. The lowest BCUT2D eigenvalue weighted by molar-refractivity contribution is -0.115. The number of hydrogen-bond donors (Lipinski definition) is 2. The normalized spacial score (nSPS) is 18.4. The summed E-state index contributed by atoms with van der Waals surface area (Å²) >= 11 is 1.53. The van der Waals surface area contributed by atoms with E-state index >= 15 is 0 Å². The van der Waals surface area contributed by atoms with Gasteiger partial charge < -0.3 is 11.1 Å². The largest absolute Gasteiger partial charge is 0.366 e. The molecule has 7 nitrogen and oxygen atoms in total. The number of rotatable bonds is 2. The quantitative estimate of drug-likeness (QED) is 0.821. The Balaban J connectivity index is 2.21. The van der Waals surface area contributed by atoms with Crippen LogP contribution in [0.15, 0.2) is 28.8 Å². The van der Waals surface area contributed by atoms with Crippen molar-refractivity contribution in [3.63, 3.8) is 0 Å². The molecule has 1 aliphatic heterocycles. The van der Waals surface area contributed by atoms with E-state index in [2.05, 4.69) is 20.8 Å². The van der Waals surface area contributed by atoms with Crippen LogP contribution in [0.1, 0.15) is 17.8 Å². The number of carbonyl (C=O) groups is 1. The number of aromatic nitrogens is 4. The number of hydrogen-bond acceptors (Lipinski definition) is 6. The maximum Gasteiger partial charge on any atom is 0.248 e. The van der Waals surface area contributed by atoms with E-state index in [1.165, 1.54) is 11.3 Å². The van der Waals surface area contributed by atoms with E-state index in [9.17, 15) is 4.79 Å². The average molecular weight is 262 g/mol. The highest BCUT2D eigenvalue weighted by atomic mass is 32.1. The van der Waals surface area contributed by atoms with Gasteiger partial charge in [-0.3, -0.25) is 4.79 Å². The first kappa shape index (κ1) is 10.9. The summed E-state index contributed by atoms with van der Waals surface area (Å²) in [5, 5.41) is 16.3. The Kier molecular flexibility index (Phi) is 2.37. The van der Waals surface area contributed by atoms with Gasteiger partial charge in [-0.05, 0) is 28.8 Å². The molecule has 0 aliphatic carbocycles. The van der Waals surface area contributed by atoms with Crippen LogP contribution in [0.2, 0.25) is 0 Å². The van der Waals surface area contributed by atoms with Crippen LogP contribution in [0.25, 0.3) is 0 Å². The third-order valence-corrected chi connectivity index (χ3v) is 3.72. The molecule has 8 heteroatoms. The smallest absolute Gasteiger partial charge is 0.248 e. The lowest BCUT2D eigenvalue weighted by Crippen LogP contribution is -2.31. The van der Waals surface area contributed by atoms with Crippen molar-refractivity contribution in [1.82, 2.24) is 20.2 Å². The number of carbonyl (C=O) groups excluding carboxylic acids is 1. The summed E-state index contributed by atoms with van der Waals surface area (Å²) < 4.78 is 1.57. The molecule has 3 rings (SSSR count). The van der Waals surface area contributed by atoms with Crippen LogP contribution in [0, 0.1) is 0 Å². The Morgan fingerprint density at radius 2 is 2.44 bits per heavy atom. The van der Waals surface area contributed by atoms with Gasteiger partial charge in [0.25, 0.3) is 0 Å². The predicted octanol–water partition coefficient (Wildman–Crippen LogP) is 0.509. The van der Waals surface area contributed by atoms with Crippen molar-refractivity contribution in [2.24, 2.45) is 5.73 Å². The van der Waals surface area contributed by atoms with Crippen molar-refractivity contribution < 1.29 is 4.79 Å². The van der Waals surface area contributed by atoms with Crippen molar-refractivity contribution >= 4 is 23.2 Å². The lowest BCUT2D eigenvalue weighted by atomic mass is 10.0. The Morgan fingerprint density at radius 1 is 1.61 bits per heavy atom. The molecule has 1 unspecified atom stereocenters. The molecule has 0 fully saturated rings. The fraction of sp³-hybridized carbons (Fsp3) is 0.200. The van der Waals surface area contributed by atoms with Crippen LogP contribution in [0.3, 0.4) is 0 Å². The number of nitrogens with one attached hydrogen (secondary N) is 1. The maximum absolute atomic E-state index is 11.6. The fourth-order valence-electron chi connectivity index (χ4n) is 2.04. The Bertz CT molecular complexity index is 629. The molecule has 1 amide bonds. The molecule has 3 N–H and O–H groups in total. The highest BCUT2D eigenvalue weighted by Gasteiger charge is 2.33. The van der Waals surface area contributed by atoms with Gasteiger partial charge in [-0.15, -0.1) is 11.3 Å². The Labute approximate surface area is 106 Å². The van der Waals surface area contributed by atoms with Gasteiger partial charge in [0.2, 0.25) is 11.9 Å². The van der Waals surface area contributed by atoms with E-state index in [0.29, 0.717) is 17.2 Å². The van der Waals surface area contributed by atoms with Crippen molar-refractivity contribution in [2.45, 2.75) is 13.0 Å². The molecule has 2 aromatic rings. The first-order chi connectivity index (χ1) is 8.68. The zero-order valence-electron chi connectivity index (χ0n) is 9.49.